The van der Waals surface area contributed by atoms with Crippen LogP contribution in [0.2, 0.25) is 0 Å². The highest BCUT2D eigenvalue weighted by Crippen LogP contribution is 2.64. The number of nitrogens with one attached hydrogen (secondary N) is 1. The number of fused-ring (bicyclic) bond motifs is 4. The van der Waals surface area contributed by atoms with Gasteiger partial charge in [0.15, 0.2) is 11.5 Å². The Balaban J connectivity index is 1.49. The number of aryl methyl sites for hydroxylation is 1. The summed E-state index contributed by atoms with van der Waals surface area (Å²) in [4.78, 5) is 57.6. The topological polar surface area (TPSA) is 116 Å². The number of benzene rings is 3. The van der Waals surface area contributed by atoms with Gasteiger partial charge in [0, 0.05) is 13.0 Å². The van der Waals surface area contributed by atoms with Crippen LogP contribution in [0.4, 0.5) is 5.69 Å². The van der Waals surface area contributed by atoms with E-state index in [1.54, 1.807) is 12.1 Å². The van der Waals surface area contributed by atoms with Gasteiger partial charge >= 0.3 is 0 Å². The zero-order valence-electron chi connectivity index (χ0n) is 25.0. The van der Waals surface area contributed by atoms with Gasteiger partial charge in [-0.1, -0.05) is 59.7 Å². The van der Waals surface area contributed by atoms with Crippen LogP contribution in [0.25, 0.3) is 0 Å². The molecule has 2 saturated heterocycles. The fourth-order valence-corrected chi connectivity index (χ4v) is 8.66. The van der Waals surface area contributed by atoms with Crippen LogP contribution in [-0.2, 0) is 24.6 Å². The Hall–Kier alpha value is -4.44. The molecule has 3 aromatic carbocycles. The highest BCUT2D eigenvalue weighted by Gasteiger charge is 2.70. The lowest BCUT2D eigenvalue weighted by Crippen LogP contribution is -2.53. The average Bonchev–Trinajstić information content (AvgIpc) is 3.40. The lowest BCUT2D eigenvalue weighted by molar-refractivity contribution is -0.140. The van der Waals surface area contributed by atoms with E-state index >= 15 is 4.79 Å². The van der Waals surface area contributed by atoms with Gasteiger partial charge in [-0.3, -0.25) is 29.5 Å². The van der Waals surface area contributed by atoms with Crippen LogP contribution < -0.4 is 10.2 Å². The third-order valence-electron chi connectivity index (χ3n) is 10.2. The fourth-order valence-electron chi connectivity index (χ4n) is 8.20. The van der Waals surface area contributed by atoms with Crippen molar-refractivity contribution in [3.05, 3.63) is 99.5 Å². The monoisotopic (exact) mass is 669 g/mol. The Morgan fingerprint density at radius 3 is 2.36 bits per heavy atom. The van der Waals surface area contributed by atoms with Crippen molar-refractivity contribution in [2.45, 2.75) is 31.1 Å². The summed E-state index contributed by atoms with van der Waals surface area (Å²) in [5, 5.41) is 11.9. The van der Waals surface area contributed by atoms with Gasteiger partial charge in [-0.2, -0.15) is 5.01 Å². The molecule has 3 aromatic rings. The molecule has 0 spiro atoms. The zero-order chi connectivity index (χ0) is 31.8. The van der Waals surface area contributed by atoms with Crippen molar-refractivity contribution in [1.82, 2.24) is 9.91 Å². The number of imide groups is 2. The Morgan fingerprint density at radius 1 is 0.956 bits per heavy atom. The van der Waals surface area contributed by atoms with Crippen molar-refractivity contribution in [3.63, 3.8) is 0 Å². The molecule has 2 N–H and O–H groups in total. The molecule has 2 aliphatic heterocycles. The maximum atomic E-state index is 15.1. The predicted molar refractivity (Wildman–Crippen MR) is 169 cm³/mol. The van der Waals surface area contributed by atoms with Crippen LogP contribution in [0, 0.1) is 30.6 Å². The van der Waals surface area contributed by atoms with Gasteiger partial charge in [0.2, 0.25) is 11.8 Å². The van der Waals surface area contributed by atoms with Gasteiger partial charge in [0.1, 0.15) is 0 Å². The third-order valence-corrected chi connectivity index (χ3v) is 10.8. The van der Waals surface area contributed by atoms with Crippen molar-refractivity contribution >= 4 is 45.2 Å². The number of hydrazine groups is 1. The third kappa shape index (κ3) is 4.11. The van der Waals surface area contributed by atoms with Crippen molar-refractivity contribution in [1.29, 1.82) is 0 Å². The maximum Gasteiger partial charge on any atom is 0.260 e. The number of halogens is 1. The molecule has 9 nitrogen and oxygen atoms in total. The molecule has 0 bridgehead atoms. The highest BCUT2D eigenvalue weighted by atomic mass is 79.9. The number of likely N-dealkylation sites (tertiary alicyclic amines) is 1. The Labute approximate surface area is 268 Å². The number of methoxy groups -OCH3 is 1. The molecule has 230 valence electrons. The second-order valence-electron chi connectivity index (χ2n) is 12.4. The van der Waals surface area contributed by atoms with E-state index in [9.17, 15) is 19.5 Å². The number of hydrogen-bond donors (Lipinski definition) is 2. The summed E-state index contributed by atoms with van der Waals surface area (Å²) in [6.45, 7) is 1.96. The largest absolute Gasteiger partial charge is 0.503 e. The number of ether oxygens (including phenoxy) is 1. The summed E-state index contributed by atoms with van der Waals surface area (Å²) < 4.78 is 5.90. The minimum Gasteiger partial charge on any atom is -0.503 e. The molecule has 45 heavy (non-hydrogen) atoms. The summed E-state index contributed by atoms with van der Waals surface area (Å²) in [5.74, 6) is -4.36. The molecule has 0 radical (unpaired) electrons. The number of phenols is 1. The predicted octanol–water partition coefficient (Wildman–Crippen LogP) is 5.09. The number of nitrogens with zero attached hydrogens (tertiary/aromatic N) is 2. The minimum atomic E-state index is -1.40. The number of hydrogen-bond acceptors (Lipinski definition) is 7. The number of rotatable bonds is 5. The molecule has 6 atom stereocenters. The molecule has 10 heteroatoms. The molecule has 2 heterocycles. The average molecular weight is 671 g/mol. The minimum absolute atomic E-state index is 0.0914. The molecule has 7 rings (SSSR count). The molecule has 4 amide bonds. The summed E-state index contributed by atoms with van der Waals surface area (Å²) in [7, 11) is 2.96. The van der Waals surface area contributed by atoms with Gasteiger partial charge in [0.25, 0.3) is 11.8 Å². The summed E-state index contributed by atoms with van der Waals surface area (Å²) in [6, 6.07) is 20.2. The molecule has 4 aliphatic rings. The first-order valence-electron chi connectivity index (χ1n) is 14.9. The molecule has 1 saturated carbocycles. The van der Waals surface area contributed by atoms with Gasteiger partial charge in [-0.15, -0.1) is 0 Å². The number of phenolic OH excluding ortho intramolecular Hbond substituents is 1. The normalized spacial score (nSPS) is 28.9. The van der Waals surface area contributed by atoms with Gasteiger partial charge in [-0.25, -0.2) is 0 Å². The van der Waals surface area contributed by atoms with Crippen LogP contribution >= 0.6 is 15.9 Å². The van der Waals surface area contributed by atoms with Crippen LogP contribution in [0.1, 0.15) is 35.4 Å². The van der Waals surface area contributed by atoms with Crippen molar-refractivity contribution in [3.8, 4) is 11.5 Å². The van der Waals surface area contributed by atoms with E-state index in [1.165, 1.54) is 19.1 Å². The molecule has 3 fully saturated rings. The van der Waals surface area contributed by atoms with Gasteiger partial charge < -0.3 is 9.84 Å². The summed E-state index contributed by atoms with van der Waals surface area (Å²) >= 11 is 3.47. The SMILES string of the molecule is COc1cc([C@H]2C3=CC[C@@H]4C(=O)N(C)C(=O)[C@@H]4[C@@H]3C[C@H]3C(=O)N(Nc4ccc(C)cc4)C(=O)[C@@]23c2ccccc2)cc(Br)c1O. The van der Waals surface area contributed by atoms with Crippen LogP contribution in [0.15, 0.2) is 82.9 Å². The standard InChI is InChI=1S/C35H32BrN3O6/c1-18-9-11-21(12-10-18)37-39-32(42)25-17-24-22(13-14-23-28(24)33(43)38(2)31(23)41)29(19-15-26(36)30(40)27(16-19)45-3)35(25,34(39)44)20-7-5-4-6-8-20/h4-13,15-16,23-25,28-29,37,40H,14,17H2,1-3H3/t23-,24+,25-,28-,29-,35+/m0/s1. The van der Waals surface area contributed by atoms with Gasteiger partial charge in [-0.05, 0) is 77.0 Å². The number of anilines is 1. The first kappa shape index (κ1) is 29.3. The van der Waals surface area contributed by atoms with E-state index in [4.69, 9.17) is 4.74 Å². The summed E-state index contributed by atoms with van der Waals surface area (Å²) in [6.07, 6.45) is 2.57. The van der Waals surface area contributed by atoms with Gasteiger partial charge in [0.05, 0.1) is 40.4 Å². The maximum absolute atomic E-state index is 15.1. The van der Waals surface area contributed by atoms with Crippen LogP contribution in [0.5, 0.6) is 11.5 Å². The second kappa shape index (κ2) is 10.6. The van der Waals surface area contributed by atoms with E-state index in [-0.39, 0.29) is 29.7 Å². The van der Waals surface area contributed by atoms with Crippen molar-refractivity contribution in [2.75, 3.05) is 19.6 Å². The highest BCUT2D eigenvalue weighted by molar-refractivity contribution is 9.10. The van der Waals surface area contributed by atoms with E-state index in [1.807, 2.05) is 67.6 Å². The number of carbonyl (C=O) groups is 4. The van der Waals surface area contributed by atoms with Crippen LogP contribution in [-0.4, -0.2) is 52.8 Å². The lowest BCUT2D eigenvalue weighted by Gasteiger charge is -2.50. The summed E-state index contributed by atoms with van der Waals surface area (Å²) in [5.41, 5.74) is 5.47. The van der Waals surface area contributed by atoms with Crippen LogP contribution in [0.3, 0.4) is 0 Å². The molecule has 0 aromatic heterocycles. The lowest BCUT2D eigenvalue weighted by atomic mass is 9.49. The number of allylic oxidation sites excluding steroid dienone is 2. The zero-order valence-corrected chi connectivity index (χ0v) is 26.6. The Bertz CT molecular complexity index is 1790. The van der Waals surface area contributed by atoms with E-state index in [0.717, 1.165) is 16.1 Å². The fraction of sp³-hybridized carbons (Fsp3) is 0.314. The Kier molecular flexibility index (Phi) is 6.88. The van der Waals surface area contributed by atoms with E-state index in [0.29, 0.717) is 27.7 Å². The molecular weight excluding hydrogens is 638 g/mol. The number of amides is 4. The quantitative estimate of drug-likeness (QED) is 0.287. The first-order valence-corrected chi connectivity index (χ1v) is 15.7. The first-order chi connectivity index (χ1) is 21.6. The second-order valence-corrected chi connectivity index (χ2v) is 13.2. The molecular formula is C35H32BrN3O6. The Morgan fingerprint density at radius 2 is 1.67 bits per heavy atom. The number of carbonyl (C=O) groups excluding carboxylic acids is 4. The van der Waals surface area contributed by atoms with E-state index < -0.39 is 46.8 Å². The van der Waals surface area contributed by atoms with Crippen molar-refractivity contribution < 1.29 is 29.0 Å². The number of aromatic hydroxyl groups is 1. The van der Waals surface area contributed by atoms with Crippen molar-refractivity contribution in [2.24, 2.45) is 23.7 Å². The smallest absolute Gasteiger partial charge is 0.260 e. The van der Waals surface area contributed by atoms with E-state index in [2.05, 4.69) is 21.4 Å². The molecule has 0 unspecified atom stereocenters. The molecule has 2 aliphatic carbocycles.